The molecule has 1 heterocycles. The molecule has 0 spiro atoms. The van der Waals surface area contributed by atoms with E-state index in [1.165, 1.54) is 0 Å². The van der Waals surface area contributed by atoms with Gasteiger partial charge < -0.3 is 14.8 Å². The lowest BCUT2D eigenvalue weighted by Gasteiger charge is -2.11. The van der Waals surface area contributed by atoms with Gasteiger partial charge in [-0.3, -0.25) is 9.78 Å². The number of nitrogens with zero attached hydrogens (tertiary/aromatic N) is 1. The molecule has 28 heavy (non-hydrogen) atoms. The molecular formula is C23H24N2O3. The number of carbonyl (C=O) groups excluding carboxylic acids is 1. The van der Waals surface area contributed by atoms with Gasteiger partial charge in [0, 0.05) is 12.7 Å². The zero-order valence-electron chi connectivity index (χ0n) is 15.9. The number of nitrogens with one attached hydrogen (secondary N) is 1. The average Bonchev–Trinajstić information content (AvgIpc) is 2.76. The van der Waals surface area contributed by atoms with Gasteiger partial charge in [0.25, 0.3) is 5.91 Å². The maximum atomic E-state index is 12.1. The third kappa shape index (κ3) is 5.84. The second kappa shape index (κ2) is 10.1. The van der Waals surface area contributed by atoms with Crippen molar-refractivity contribution in [2.45, 2.75) is 26.5 Å². The van der Waals surface area contributed by atoms with Gasteiger partial charge in [-0.15, -0.1) is 0 Å². The molecule has 5 nitrogen and oxygen atoms in total. The Bertz CT molecular complexity index is 897. The first kappa shape index (κ1) is 19.4. The van der Waals surface area contributed by atoms with E-state index in [1.807, 2.05) is 66.7 Å². The van der Waals surface area contributed by atoms with Gasteiger partial charge in [0.2, 0.25) is 0 Å². The van der Waals surface area contributed by atoms with Crippen LogP contribution in [0.25, 0.3) is 0 Å². The predicted octanol–water partition coefficient (Wildman–Crippen LogP) is 3.92. The highest BCUT2D eigenvalue weighted by atomic mass is 16.5. The predicted molar refractivity (Wildman–Crippen MR) is 108 cm³/mol. The lowest BCUT2D eigenvalue weighted by atomic mass is 10.1. The topological polar surface area (TPSA) is 60.5 Å². The minimum absolute atomic E-state index is 0.00706. The Kier molecular flexibility index (Phi) is 7.01. The Morgan fingerprint density at radius 1 is 1.00 bits per heavy atom. The normalized spacial score (nSPS) is 10.3. The summed E-state index contributed by atoms with van der Waals surface area (Å²) in [6, 6.07) is 21.1. The van der Waals surface area contributed by atoms with Crippen LogP contribution in [0.1, 0.15) is 23.7 Å². The van der Waals surface area contributed by atoms with Gasteiger partial charge in [-0.25, -0.2) is 0 Å². The lowest BCUT2D eigenvalue weighted by Crippen LogP contribution is -2.28. The molecule has 1 amide bonds. The van der Waals surface area contributed by atoms with Gasteiger partial charge in [0.15, 0.2) is 6.61 Å². The minimum atomic E-state index is -0.161. The van der Waals surface area contributed by atoms with Crippen LogP contribution in [0.2, 0.25) is 0 Å². The Morgan fingerprint density at radius 3 is 2.68 bits per heavy atom. The van der Waals surface area contributed by atoms with Gasteiger partial charge in [-0.1, -0.05) is 43.3 Å². The number of hydrogen-bond donors (Lipinski definition) is 1. The van der Waals surface area contributed by atoms with Gasteiger partial charge >= 0.3 is 0 Å². The molecule has 0 aliphatic carbocycles. The van der Waals surface area contributed by atoms with Crippen LogP contribution < -0.4 is 14.8 Å². The van der Waals surface area contributed by atoms with Crippen LogP contribution in [-0.2, 0) is 24.4 Å². The standard InChI is InChI=1S/C23H24N2O3/c1-2-19-9-3-4-12-22(19)28-17-23(26)25-15-18-8-7-11-21(14-18)27-16-20-10-5-6-13-24-20/h3-14H,2,15-17H2,1H3,(H,25,26). The Balaban J connectivity index is 1.47. The Morgan fingerprint density at radius 2 is 1.86 bits per heavy atom. The van der Waals surface area contributed by atoms with Crippen molar-refractivity contribution in [3.63, 3.8) is 0 Å². The molecule has 1 aromatic heterocycles. The highest BCUT2D eigenvalue weighted by Crippen LogP contribution is 2.18. The summed E-state index contributed by atoms with van der Waals surface area (Å²) in [5, 5.41) is 2.88. The molecule has 0 unspecified atom stereocenters. The lowest BCUT2D eigenvalue weighted by molar-refractivity contribution is -0.123. The summed E-state index contributed by atoms with van der Waals surface area (Å²) in [4.78, 5) is 16.3. The fourth-order valence-corrected chi connectivity index (χ4v) is 2.72. The van der Waals surface area contributed by atoms with Crippen LogP contribution in [0.15, 0.2) is 72.9 Å². The molecule has 0 atom stereocenters. The summed E-state index contributed by atoms with van der Waals surface area (Å²) in [7, 11) is 0. The maximum absolute atomic E-state index is 12.1. The number of para-hydroxylation sites is 1. The van der Waals surface area contributed by atoms with Gasteiger partial charge in [-0.05, 0) is 47.9 Å². The van der Waals surface area contributed by atoms with Crippen molar-refractivity contribution < 1.29 is 14.3 Å². The van der Waals surface area contributed by atoms with E-state index in [9.17, 15) is 4.79 Å². The van der Waals surface area contributed by atoms with Crippen molar-refractivity contribution in [2.75, 3.05) is 6.61 Å². The van der Waals surface area contributed by atoms with Crippen molar-refractivity contribution in [1.82, 2.24) is 10.3 Å². The summed E-state index contributed by atoms with van der Waals surface area (Å²) >= 11 is 0. The SMILES string of the molecule is CCc1ccccc1OCC(=O)NCc1cccc(OCc2ccccn2)c1. The van der Waals surface area contributed by atoms with E-state index in [4.69, 9.17) is 9.47 Å². The quantitative estimate of drug-likeness (QED) is 0.615. The average molecular weight is 376 g/mol. The molecule has 0 radical (unpaired) electrons. The number of hydrogen-bond acceptors (Lipinski definition) is 4. The van der Waals surface area contributed by atoms with Crippen LogP contribution in [0.4, 0.5) is 0 Å². The molecule has 5 heteroatoms. The number of benzene rings is 2. The van der Waals surface area contributed by atoms with E-state index in [-0.39, 0.29) is 12.5 Å². The van der Waals surface area contributed by atoms with Crippen LogP contribution >= 0.6 is 0 Å². The number of rotatable bonds is 9. The number of carbonyl (C=O) groups is 1. The van der Waals surface area contributed by atoms with Gasteiger partial charge in [-0.2, -0.15) is 0 Å². The molecule has 144 valence electrons. The smallest absolute Gasteiger partial charge is 0.258 e. The zero-order chi connectivity index (χ0) is 19.6. The summed E-state index contributed by atoms with van der Waals surface area (Å²) in [6.45, 7) is 2.87. The number of aryl methyl sites for hydroxylation is 1. The summed E-state index contributed by atoms with van der Waals surface area (Å²) in [5.41, 5.74) is 2.92. The third-order valence-corrected chi connectivity index (χ3v) is 4.21. The molecule has 2 aromatic carbocycles. The molecule has 3 rings (SSSR count). The van der Waals surface area contributed by atoms with Gasteiger partial charge in [0.1, 0.15) is 18.1 Å². The molecule has 0 aliphatic heterocycles. The fraction of sp³-hybridized carbons (Fsp3) is 0.217. The van der Waals surface area contributed by atoms with Gasteiger partial charge in [0.05, 0.1) is 5.69 Å². The Hall–Kier alpha value is -3.34. The van der Waals surface area contributed by atoms with Crippen LogP contribution in [0.3, 0.4) is 0 Å². The number of ether oxygens (including phenoxy) is 2. The number of aromatic nitrogens is 1. The first-order valence-electron chi connectivity index (χ1n) is 9.33. The maximum Gasteiger partial charge on any atom is 0.258 e. The number of pyridine rings is 1. The number of amides is 1. The molecule has 3 aromatic rings. The van der Waals surface area contributed by atoms with Crippen LogP contribution in [0.5, 0.6) is 11.5 Å². The molecule has 0 fully saturated rings. The highest BCUT2D eigenvalue weighted by molar-refractivity contribution is 5.77. The molecular weight excluding hydrogens is 352 g/mol. The van der Waals surface area contributed by atoms with Crippen molar-refractivity contribution in [1.29, 1.82) is 0 Å². The van der Waals surface area contributed by atoms with Crippen molar-refractivity contribution in [2.24, 2.45) is 0 Å². The summed E-state index contributed by atoms with van der Waals surface area (Å²) in [5.74, 6) is 1.33. The molecule has 0 saturated heterocycles. The second-order valence-corrected chi connectivity index (χ2v) is 6.28. The fourth-order valence-electron chi connectivity index (χ4n) is 2.72. The van der Waals surface area contributed by atoms with Crippen LogP contribution in [0, 0.1) is 0 Å². The third-order valence-electron chi connectivity index (χ3n) is 4.21. The van der Waals surface area contributed by atoms with Crippen molar-refractivity contribution >= 4 is 5.91 Å². The van der Waals surface area contributed by atoms with E-state index >= 15 is 0 Å². The van der Waals surface area contributed by atoms with E-state index < -0.39 is 0 Å². The molecule has 0 saturated carbocycles. The van der Waals surface area contributed by atoms with Crippen LogP contribution in [-0.4, -0.2) is 17.5 Å². The first-order chi connectivity index (χ1) is 13.7. The van der Waals surface area contributed by atoms with E-state index in [0.29, 0.717) is 13.2 Å². The second-order valence-electron chi connectivity index (χ2n) is 6.28. The summed E-state index contributed by atoms with van der Waals surface area (Å²) in [6.07, 6.45) is 2.61. The van der Waals surface area contributed by atoms with Crippen molar-refractivity contribution in [3.8, 4) is 11.5 Å². The molecule has 0 aliphatic rings. The van der Waals surface area contributed by atoms with Crippen molar-refractivity contribution in [3.05, 3.63) is 89.7 Å². The van der Waals surface area contributed by atoms with E-state index in [2.05, 4.69) is 17.2 Å². The monoisotopic (exact) mass is 376 g/mol. The minimum Gasteiger partial charge on any atom is -0.487 e. The molecule has 0 bridgehead atoms. The van der Waals surface area contributed by atoms with E-state index in [1.54, 1.807) is 6.20 Å². The highest BCUT2D eigenvalue weighted by Gasteiger charge is 2.06. The summed E-state index contributed by atoms with van der Waals surface area (Å²) < 4.78 is 11.4. The zero-order valence-corrected chi connectivity index (χ0v) is 15.9. The largest absolute Gasteiger partial charge is 0.487 e. The van der Waals surface area contributed by atoms with E-state index in [0.717, 1.165) is 34.7 Å². The Labute approximate surface area is 165 Å². The first-order valence-corrected chi connectivity index (χ1v) is 9.33. The molecule has 1 N–H and O–H groups in total.